The zero-order chi connectivity index (χ0) is 17.0. The highest BCUT2D eigenvalue weighted by atomic mass is 35.5. The van der Waals surface area contributed by atoms with Crippen LogP contribution in [0.2, 0.25) is 5.02 Å². The molecule has 2 rings (SSSR count). The molecule has 1 fully saturated rings. The predicted octanol–water partition coefficient (Wildman–Crippen LogP) is 1.20. The number of rotatable bonds is 5. The van der Waals surface area contributed by atoms with Gasteiger partial charge in [0.25, 0.3) is 0 Å². The molecule has 1 aliphatic heterocycles. The van der Waals surface area contributed by atoms with E-state index in [1.165, 1.54) is 24.3 Å². The van der Waals surface area contributed by atoms with Crippen LogP contribution in [0.5, 0.6) is 0 Å². The van der Waals surface area contributed by atoms with E-state index in [1.807, 2.05) is 0 Å². The minimum atomic E-state index is -3.75. The molecule has 0 aromatic heterocycles. The number of amides is 1. The monoisotopic (exact) mass is 359 g/mol. The normalized spacial score (nSPS) is 18.0. The van der Waals surface area contributed by atoms with Crippen LogP contribution in [0.1, 0.15) is 19.8 Å². The summed E-state index contributed by atoms with van der Waals surface area (Å²) in [6.07, 6.45) is 1.72. The molecule has 6 nitrogen and oxygen atoms in total. The van der Waals surface area contributed by atoms with Crippen molar-refractivity contribution in [2.75, 3.05) is 19.6 Å². The number of sulfonamides is 1. The van der Waals surface area contributed by atoms with Crippen LogP contribution in [0.25, 0.3) is 0 Å². The van der Waals surface area contributed by atoms with Gasteiger partial charge in [-0.3, -0.25) is 4.79 Å². The van der Waals surface area contributed by atoms with E-state index in [-0.39, 0.29) is 10.8 Å². The van der Waals surface area contributed by atoms with Crippen molar-refractivity contribution in [3.8, 4) is 0 Å². The summed E-state index contributed by atoms with van der Waals surface area (Å²) < 4.78 is 27.0. The second-order valence-electron chi connectivity index (χ2n) is 5.80. The van der Waals surface area contributed by atoms with Gasteiger partial charge in [0.1, 0.15) is 0 Å². The van der Waals surface area contributed by atoms with Gasteiger partial charge in [-0.2, -0.15) is 4.72 Å². The average molecular weight is 360 g/mol. The quantitative estimate of drug-likeness (QED) is 0.826. The number of benzene rings is 1. The fourth-order valence-electron chi connectivity index (χ4n) is 2.63. The lowest BCUT2D eigenvalue weighted by molar-refractivity contribution is -0.133. The largest absolute Gasteiger partial charge is 0.341 e. The number of carbonyl (C=O) groups is 1. The fourth-order valence-corrected chi connectivity index (χ4v) is 3.95. The Labute approximate surface area is 142 Å². The van der Waals surface area contributed by atoms with Crippen LogP contribution >= 0.6 is 11.6 Å². The Balaban J connectivity index is 1.99. The molecule has 1 unspecified atom stereocenters. The lowest BCUT2D eigenvalue weighted by Gasteiger charge is -2.33. The number of nitrogens with zero attached hydrogens (tertiary/aromatic N) is 1. The Bertz CT molecular complexity index is 640. The summed E-state index contributed by atoms with van der Waals surface area (Å²) in [5.74, 6) is 0.234. The first-order valence-corrected chi connectivity index (χ1v) is 9.46. The molecule has 0 bridgehead atoms. The highest BCUT2D eigenvalue weighted by Crippen LogP contribution is 2.18. The first-order chi connectivity index (χ1) is 10.8. The van der Waals surface area contributed by atoms with Gasteiger partial charge in [-0.05, 0) is 56.5 Å². The number of halogens is 1. The molecule has 0 spiro atoms. The number of likely N-dealkylation sites (tertiary alicyclic amines) is 1. The average Bonchev–Trinajstić information content (AvgIpc) is 2.54. The lowest BCUT2D eigenvalue weighted by atomic mass is 9.97. The molecule has 1 aromatic carbocycles. The van der Waals surface area contributed by atoms with Crippen LogP contribution in [0, 0.1) is 5.92 Å². The van der Waals surface area contributed by atoms with Gasteiger partial charge in [-0.15, -0.1) is 0 Å². The standard InChI is InChI=1S/C15H22ClN3O3S/c1-11(15(20)19-8-6-12(10-17)7-9-19)18-23(21,22)14-4-2-13(16)3-5-14/h2-5,11-12,18H,6-10,17H2,1H3. The SMILES string of the molecule is CC(NS(=O)(=O)c1ccc(Cl)cc1)C(=O)N1CCC(CN)CC1. The minimum Gasteiger partial charge on any atom is -0.341 e. The van der Waals surface area contributed by atoms with E-state index in [9.17, 15) is 13.2 Å². The zero-order valence-corrected chi connectivity index (χ0v) is 14.6. The van der Waals surface area contributed by atoms with Crippen molar-refractivity contribution in [2.45, 2.75) is 30.7 Å². The van der Waals surface area contributed by atoms with E-state index in [0.29, 0.717) is 30.6 Å². The highest BCUT2D eigenvalue weighted by molar-refractivity contribution is 7.89. The Morgan fingerprint density at radius 2 is 1.91 bits per heavy atom. The number of piperidine rings is 1. The van der Waals surface area contributed by atoms with Crippen molar-refractivity contribution in [2.24, 2.45) is 11.7 Å². The molecule has 1 atom stereocenters. The number of nitrogens with two attached hydrogens (primary N) is 1. The number of carbonyl (C=O) groups excluding carboxylic acids is 1. The summed E-state index contributed by atoms with van der Waals surface area (Å²) in [6, 6.07) is 5.01. The van der Waals surface area contributed by atoms with Gasteiger partial charge in [0.05, 0.1) is 10.9 Å². The molecule has 1 aliphatic rings. The van der Waals surface area contributed by atoms with Gasteiger partial charge in [-0.25, -0.2) is 8.42 Å². The second kappa shape index (κ2) is 7.61. The summed E-state index contributed by atoms with van der Waals surface area (Å²) in [7, 11) is -3.75. The van der Waals surface area contributed by atoms with E-state index in [1.54, 1.807) is 11.8 Å². The van der Waals surface area contributed by atoms with Crippen LogP contribution in [-0.2, 0) is 14.8 Å². The van der Waals surface area contributed by atoms with Crippen LogP contribution in [-0.4, -0.2) is 44.9 Å². The van der Waals surface area contributed by atoms with Crippen molar-refractivity contribution in [1.82, 2.24) is 9.62 Å². The summed E-state index contributed by atoms with van der Waals surface area (Å²) in [5.41, 5.74) is 5.64. The van der Waals surface area contributed by atoms with Crippen LogP contribution in [0.4, 0.5) is 0 Å². The van der Waals surface area contributed by atoms with Crippen LogP contribution in [0.15, 0.2) is 29.2 Å². The lowest BCUT2D eigenvalue weighted by Crippen LogP contribution is -2.49. The maximum absolute atomic E-state index is 12.4. The molecule has 1 amide bonds. The molecule has 0 radical (unpaired) electrons. The van der Waals surface area contributed by atoms with Gasteiger partial charge in [0.15, 0.2) is 0 Å². The van der Waals surface area contributed by atoms with Gasteiger partial charge in [-0.1, -0.05) is 11.6 Å². The second-order valence-corrected chi connectivity index (χ2v) is 7.95. The Morgan fingerprint density at radius 3 is 2.43 bits per heavy atom. The van der Waals surface area contributed by atoms with Gasteiger partial charge >= 0.3 is 0 Å². The summed E-state index contributed by atoms with van der Waals surface area (Å²) in [4.78, 5) is 14.2. The highest BCUT2D eigenvalue weighted by Gasteiger charge is 2.28. The van der Waals surface area contributed by atoms with E-state index >= 15 is 0 Å². The van der Waals surface area contributed by atoms with Gasteiger partial charge in [0.2, 0.25) is 15.9 Å². The van der Waals surface area contributed by atoms with Crippen LogP contribution < -0.4 is 10.5 Å². The topological polar surface area (TPSA) is 92.5 Å². The molecule has 23 heavy (non-hydrogen) atoms. The smallest absolute Gasteiger partial charge is 0.241 e. The molecular formula is C15H22ClN3O3S. The van der Waals surface area contributed by atoms with Crippen molar-refractivity contribution in [3.05, 3.63) is 29.3 Å². The molecule has 8 heteroatoms. The van der Waals surface area contributed by atoms with Crippen LogP contribution in [0.3, 0.4) is 0 Å². The Morgan fingerprint density at radius 1 is 1.35 bits per heavy atom. The third-order valence-electron chi connectivity index (χ3n) is 4.09. The molecule has 3 N–H and O–H groups in total. The summed E-state index contributed by atoms with van der Waals surface area (Å²) in [6.45, 7) is 3.42. The van der Waals surface area contributed by atoms with Crippen molar-refractivity contribution in [1.29, 1.82) is 0 Å². The number of hydrogen-bond acceptors (Lipinski definition) is 4. The van der Waals surface area contributed by atoms with E-state index in [0.717, 1.165) is 12.8 Å². The van der Waals surface area contributed by atoms with Crippen molar-refractivity contribution < 1.29 is 13.2 Å². The fraction of sp³-hybridized carbons (Fsp3) is 0.533. The van der Waals surface area contributed by atoms with Gasteiger partial charge in [0, 0.05) is 18.1 Å². The van der Waals surface area contributed by atoms with Crippen molar-refractivity contribution in [3.63, 3.8) is 0 Å². The van der Waals surface area contributed by atoms with E-state index in [2.05, 4.69) is 4.72 Å². The van der Waals surface area contributed by atoms with Gasteiger partial charge < -0.3 is 10.6 Å². The first kappa shape index (κ1) is 18.2. The molecule has 1 heterocycles. The van der Waals surface area contributed by atoms with E-state index in [4.69, 9.17) is 17.3 Å². The molecule has 0 aliphatic carbocycles. The van der Waals surface area contributed by atoms with Crippen molar-refractivity contribution >= 4 is 27.5 Å². The Hall–Kier alpha value is -1.15. The summed E-state index contributed by atoms with van der Waals surface area (Å²) in [5, 5.41) is 0.454. The third kappa shape index (κ3) is 4.67. The minimum absolute atomic E-state index is 0.0865. The maximum Gasteiger partial charge on any atom is 0.241 e. The molecule has 0 saturated carbocycles. The number of nitrogens with one attached hydrogen (secondary N) is 1. The zero-order valence-electron chi connectivity index (χ0n) is 13.0. The molecule has 1 aromatic rings. The first-order valence-electron chi connectivity index (χ1n) is 7.60. The third-order valence-corrected chi connectivity index (χ3v) is 5.89. The van der Waals surface area contributed by atoms with E-state index < -0.39 is 16.1 Å². The molecule has 1 saturated heterocycles. The maximum atomic E-state index is 12.4. The molecule has 128 valence electrons. The molecular weight excluding hydrogens is 338 g/mol. The Kier molecular flexibility index (Phi) is 6.02. The summed E-state index contributed by atoms with van der Waals surface area (Å²) >= 11 is 5.76. The predicted molar refractivity (Wildman–Crippen MR) is 89.6 cm³/mol. The number of hydrogen-bond donors (Lipinski definition) is 2.